The van der Waals surface area contributed by atoms with Gasteiger partial charge in [0.25, 0.3) is 0 Å². The van der Waals surface area contributed by atoms with Crippen LogP contribution in [0.4, 0.5) is 5.13 Å². The van der Waals surface area contributed by atoms with Crippen molar-refractivity contribution in [1.29, 1.82) is 0 Å². The fraction of sp³-hybridized carbons (Fsp3) is 0.353. The van der Waals surface area contributed by atoms with Crippen LogP contribution in [0.25, 0.3) is 10.2 Å². The number of anilines is 1. The Labute approximate surface area is 148 Å². The third-order valence-corrected chi connectivity index (χ3v) is 6.17. The van der Waals surface area contributed by atoms with Crippen molar-refractivity contribution >= 4 is 43.9 Å². The Kier molecular flexibility index (Phi) is 4.30. The number of aromatic nitrogens is 2. The van der Waals surface area contributed by atoms with Gasteiger partial charge in [-0.2, -0.15) is 0 Å². The molecule has 1 aliphatic rings. The summed E-state index contributed by atoms with van der Waals surface area (Å²) in [5, 5.41) is 4.68. The lowest BCUT2D eigenvalue weighted by atomic mass is 10.2. The van der Waals surface area contributed by atoms with Gasteiger partial charge in [-0.15, -0.1) is 22.7 Å². The summed E-state index contributed by atoms with van der Waals surface area (Å²) in [4.78, 5) is 24.9. The summed E-state index contributed by atoms with van der Waals surface area (Å²) in [6, 6.07) is 8.07. The van der Waals surface area contributed by atoms with E-state index >= 15 is 0 Å². The first-order valence-corrected chi connectivity index (χ1v) is 9.62. The third kappa shape index (κ3) is 3.33. The number of amides is 1. The summed E-state index contributed by atoms with van der Waals surface area (Å²) in [6.45, 7) is 1.95. The van der Waals surface area contributed by atoms with Crippen molar-refractivity contribution in [3.8, 4) is 0 Å². The molecule has 5 nitrogen and oxygen atoms in total. The molecule has 0 bridgehead atoms. The number of hydrogen-bond donors (Lipinski definition) is 1. The maximum Gasteiger partial charge on any atom is 0.226 e. The number of thiazole rings is 2. The van der Waals surface area contributed by atoms with Crippen LogP contribution in [0.3, 0.4) is 0 Å². The number of fused-ring (bicyclic) bond motifs is 2. The van der Waals surface area contributed by atoms with Crippen molar-refractivity contribution in [1.82, 2.24) is 14.9 Å². The van der Waals surface area contributed by atoms with Crippen LogP contribution in [0.1, 0.15) is 22.0 Å². The molecule has 1 N–H and O–H groups in total. The van der Waals surface area contributed by atoms with Gasteiger partial charge in [0.05, 0.1) is 20.9 Å². The molecule has 0 saturated carbocycles. The quantitative estimate of drug-likeness (QED) is 0.777. The van der Waals surface area contributed by atoms with E-state index in [2.05, 4.69) is 33.3 Å². The summed E-state index contributed by atoms with van der Waals surface area (Å²) in [5.74, 6) is 0.00806. The molecule has 1 amide bonds. The molecule has 0 fully saturated rings. The van der Waals surface area contributed by atoms with Crippen LogP contribution in [0.15, 0.2) is 24.3 Å². The zero-order chi connectivity index (χ0) is 16.5. The van der Waals surface area contributed by atoms with E-state index in [0.717, 1.165) is 40.9 Å². The van der Waals surface area contributed by atoms with Crippen molar-refractivity contribution in [2.75, 3.05) is 18.9 Å². The predicted octanol–water partition coefficient (Wildman–Crippen LogP) is 3.31. The summed E-state index contributed by atoms with van der Waals surface area (Å²) in [5.41, 5.74) is 2.15. The number of nitrogens with one attached hydrogen (secondary N) is 1. The number of rotatable bonds is 4. The van der Waals surface area contributed by atoms with Crippen molar-refractivity contribution < 1.29 is 4.79 Å². The lowest BCUT2D eigenvalue weighted by Gasteiger charge is -2.20. The Morgan fingerprint density at radius 2 is 2.17 bits per heavy atom. The fourth-order valence-electron chi connectivity index (χ4n) is 2.81. The normalized spacial score (nSPS) is 14.7. The number of likely N-dealkylation sites (N-methyl/N-ethyl adjacent to an activating group) is 1. The van der Waals surface area contributed by atoms with Gasteiger partial charge in [0, 0.05) is 37.2 Å². The number of carbonyl (C=O) groups is 1. The van der Waals surface area contributed by atoms with Crippen LogP contribution in [0.5, 0.6) is 0 Å². The average Bonchev–Trinajstić information content (AvgIpc) is 3.15. The highest BCUT2D eigenvalue weighted by atomic mass is 32.1. The Bertz CT molecular complexity index is 853. The van der Waals surface area contributed by atoms with E-state index in [9.17, 15) is 4.79 Å². The van der Waals surface area contributed by atoms with Crippen LogP contribution >= 0.6 is 22.7 Å². The molecule has 1 aromatic carbocycles. The molecule has 7 heteroatoms. The second kappa shape index (κ2) is 6.58. The first-order chi connectivity index (χ1) is 11.7. The van der Waals surface area contributed by atoms with Crippen molar-refractivity contribution in [2.24, 2.45) is 0 Å². The molecule has 0 atom stereocenters. The molecule has 0 saturated heterocycles. The van der Waals surface area contributed by atoms with Gasteiger partial charge in [-0.1, -0.05) is 12.1 Å². The zero-order valence-corrected chi connectivity index (χ0v) is 15.0. The highest BCUT2D eigenvalue weighted by Crippen LogP contribution is 2.28. The first kappa shape index (κ1) is 15.7. The summed E-state index contributed by atoms with van der Waals surface area (Å²) in [7, 11) is 2.11. The highest BCUT2D eigenvalue weighted by Gasteiger charge is 2.19. The van der Waals surface area contributed by atoms with E-state index in [1.54, 1.807) is 22.7 Å². The van der Waals surface area contributed by atoms with E-state index < -0.39 is 0 Å². The van der Waals surface area contributed by atoms with Crippen LogP contribution in [-0.4, -0.2) is 34.4 Å². The summed E-state index contributed by atoms with van der Waals surface area (Å²) < 4.78 is 1.17. The minimum Gasteiger partial charge on any atom is -0.302 e. The number of benzene rings is 1. The van der Waals surface area contributed by atoms with Crippen LogP contribution in [-0.2, 0) is 24.2 Å². The van der Waals surface area contributed by atoms with E-state index in [0.29, 0.717) is 12.8 Å². The number of hydrogen-bond acceptors (Lipinski definition) is 6. The molecule has 0 unspecified atom stereocenters. The van der Waals surface area contributed by atoms with Crippen LogP contribution < -0.4 is 5.32 Å². The van der Waals surface area contributed by atoms with E-state index in [-0.39, 0.29) is 5.91 Å². The second-order valence-corrected chi connectivity index (χ2v) is 8.20. The van der Waals surface area contributed by atoms with Gasteiger partial charge in [0.2, 0.25) is 5.91 Å². The van der Waals surface area contributed by atoms with Crippen LogP contribution in [0.2, 0.25) is 0 Å². The lowest BCUT2D eigenvalue weighted by Crippen LogP contribution is -2.25. The van der Waals surface area contributed by atoms with Crippen LogP contribution in [0, 0.1) is 0 Å². The van der Waals surface area contributed by atoms with Gasteiger partial charge in [0.1, 0.15) is 0 Å². The minimum atomic E-state index is 0.00806. The average molecular weight is 358 g/mol. The number of aryl methyl sites for hydroxylation is 1. The van der Waals surface area contributed by atoms with Crippen molar-refractivity contribution in [3.63, 3.8) is 0 Å². The molecule has 0 spiro atoms. The smallest absolute Gasteiger partial charge is 0.226 e. The monoisotopic (exact) mass is 358 g/mol. The summed E-state index contributed by atoms with van der Waals surface area (Å²) >= 11 is 3.25. The third-order valence-electron chi connectivity index (χ3n) is 4.07. The number of nitrogens with zero attached hydrogens (tertiary/aromatic N) is 3. The molecular formula is C17H18N4OS2. The minimum absolute atomic E-state index is 0.00806. The van der Waals surface area contributed by atoms with Crippen molar-refractivity contribution in [2.45, 2.75) is 25.8 Å². The molecule has 24 heavy (non-hydrogen) atoms. The van der Waals surface area contributed by atoms with Gasteiger partial charge in [-0.05, 0) is 19.2 Å². The SMILES string of the molecule is CN1CCc2nc(NC(=O)CCc3nc4ccccc4s3)sc2C1. The Balaban J connectivity index is 1.36. The molecule has 1 aliphatic heterocycles. The number of carbonyl (C=O) groups excluding carboxylic acids is 1. The first-order valence-electron chi connectivity index (χ1n) is 7.99. The van der Waals surface area contributed by atoms with E-state index in [1.807, 2.05) is 18.2 Å². The predicted molar refractivity (Wildman–Crippen MR) is 98.7 cm³/mol. The molecular weight excluding hydrogens is 340 g/mol. The molecule has 0 radical (unpaired) electrons. The standard InChI is InChI=1S/C17H18N4OS2/c1-21-9-8-12-14(10-21)24-17(19-12)20-15(22)6-7-16-18-11-4-2-3-5-13(11)23-16/h2-5H,6-10H2,1H3,(H,19,20,22). The fourth-order valence-corrected chi connectivity index (χ4v) is 4.88. The second-order valence-electron chi connectivity index (χ2n) is 6.00. The molecule has 124 valence electrons. The molecule has 2 aromatic heterocycles. The lowest BCUT2D eigenvalue weighted by molar-refractivity contribution is -0.116. The van der Waals surface area contributed by atoms with Gasteiger partial charge in [-0.3, -0.25) is 4.79 Å². The van der Waals surface area contributed by atoms with Gasteiger partial charge in [0.15, 0.2) is 5.13 Å². The Hall–Kier alpha value is -1.83. The van der Waals surface area contributed by atoms with E-state index in [1.165, 1.54) is 9.58 Å². The molecule has 4 rings (SSSR count). The molecule has 3 aromatic rings. The zero-order valence-electron chi connectivity index (χ0n) is 13.4. The topological polar surface area (TPSA) is 58.1 Å². The van der Waals surface area contributed by atoms with Gasteiger partial charge < -0.3 is 10.2 Å². The highest BCUT2D eigenvalue weighted by molar-refractivity contribution is 7.18. The summed E-state index contributed by atoms with van der Waals surface area (Å²) in [6.07, 6.45) is 2.06. The Morgan fingerprint density at radius 3 is 3.04 bits per heavy atom. The molecule has 0 aliphatic carbocycles. The Morgan fingerprint density at radius 1 is 1.29 bits per heavy atom. The largest absolute Gasteiger partial charge is 0.302 e. The maximum absolute atomic E-state index is 12.2. The molecule has 3 heterocycles. The number of para-hydroxylation sites is 1. The van der Waals surface area contributed by atoms with E-state index in [4.69, 9.17) is 0 Å². The maximum atomic E-state index is 12.2. The van der Waals surface area contributed by atoms with Gasteiger partial charge >= 0.3 is 0 Å². The van der Waals surface area contributed by atoms with Gasteiger partial charge in [-0.25, -0.2) is 9.97 Å². The van der Waals surface area contributed by atoms with Crippen molar-refractivity contribution in [3.05, 3.63) is 39.8 Å².